The Kier molecular flexibility index (Phi) is 7.64. The van der Waals surface area contributed by atoms with Gasteiger partial charge in [-0.2, -0.15) is 0 Å². The summed E-state index contributed by atoms with van der Waals surface area (Å²) in [5.41, 5.74) is 11.4. The van der Waals surface area contributed by atoms with Crippen LogP contribution in [0.3, 0.4) is 0 Å². The first-order valence-corrected chi connectivity index (χ1v) is 19.5. The van der Waals surface area contributed by atoms with Gasteiger partial charge in [-0.15, -0.1) is 11.3 Å². The Morgan fingerprint density at radius 2 is 0.893 bits per heavy atom. The maximum absolute atomic E-state index is 6.55. The summed E-state index contributed by atoms with van der Waals surface area (Å²) in [6.07, 6.45) is 0. The van der Waals surface area contributed by atoms with E-state index >= 15 is 0 Å². The van der Waals surface area contributed by atoms with E-state index in [4.69, 9.17) is 19.4 Å². The zero-order chi connectivity index (χ0) is 37.0. The largest absolute Gasteiger partial charge is 0.456 e. The highest BCUT2D eigenvalue weighted by atomic mass is 32.1. The molecule has 0 saturated heterocycles. The third kappa shape index (κ3) is 5.56. The minimum atomic E-state index is 0.591. The normalized spacial score (nSPS) is 11.6. The molecular formula is C51H31N3OS. The zero-order valence-electron chi connectivity index (χ0n) is 30.1. The number of benzene rings is 8. The number of furan rings is 1. The molecule has 0 bridgehead atoms. The molecule has 0 fully saturated rings. The first kappa shape index (κ1) is 32.2. The molecule has 5 heteroatoms. The lowest BCUT2D eigenvalue weighted by Gasteiger charge is -2.13. The monoisotopic (exact) mass is 733 g/mol. The second-order valence-corrected chi connectivity index (χ2v) is 15.0. The van der Waals surface area contributed by atoms with E-state index < -0.39 is 0 Å². The number of rotatable bonds is 6. The molecule has 3 aromatic heterocycles. The van der Waals surface area contributed by atoms with E-state index in [0.29, 0.717) is 17.5 Å². The summed E-state index contributed by atoms with van der Waals surface area (Å²) in [4.78, 5) is 15.0. The highest BCUT2D eigenvalue weighted by Crippen LogP contribution is 2.46. The Morgan fingerprint density at radius 1 is 0.339 bits per heavy atom. The zero-order valence-corrected chi connectivity index (χ0v) is 30.9. The number of nitrogens with zero attached hydrogens (tertiary/aromatic N) is 3. The standard InChI is InChI=1S/C51H31N3OS/c1-4-12-32(13-5-1)33-20-22-36(23-21-33)50-52-49(35-16-8-3-9-17-35)53-51(54-50)38-24-26-40-42-30-37(25-28-43(42)55-44(40)31-38)39-27-29-46-48(41-18-10-11-19-45(41)56-46)47(39)34-14-6-2-7-15-34/h1-31H. The van der Waals surface area contributed by atoms with Crippen molar-refractivity contribution in [1.29, 1.82) is 0 Å². The van der Waals surface area contributed by atoms with Gasteiger partial charge in [0.2, 0.25) is 0 Å². The fraction of sp³-hybridized carbons (Fsp3) is 0. The summed E-state index contributed by atoms with van der Waals surface area (Å²) < 4.78 is 9.14. The van der Waals surface area contributed by atoms with Crippen molar-refractivity contribution in [2.75, 3.05) is 0 Å². The summed E-state index contributed by atoms with van der Waals surface area (Å²) in [5.74, 6) is 1.83. The van der Waals surface area contributed by atoms with E-state index in [1.807, 2.05) is 47.7 Å². The number of hydrogen-bond donors (Lipinski definition) is 0. The van der Waals surface area contributed by atoms with Crippen molar-refractivity contribution >= 4 is 53.4 Å². The van der Waals surface area contributed by atoms with Gasteiger partial charge in [-0.05, 0) is 69.8 Å². The molecule has 0 N–H and O–H groups in total. The maximum Gasteiger partial charge on any atom is 0.164 e. The lowest BCUT2D eigenvalue weighted by molar-refractivity contribution is 0.669. The van der Waals surface area contributed by atoms with Crippen LogP contribution in [0.5, 0.6) is 0 Å². The molecule has 3 heterocycles. The van der Waals surface area contributed by atoms with Crippen LogP contribution in [-0.2, 0) is 0 Å². The molecule has 0 aliphatic carbocycles. The van der Waals surface area contributed by atoms with E-state index in [1.165, 1.54) is 42.4 Å². The number of aromatic nitrogens is 3. The number of thiophene rings is 1. The van der Waals surface area contributed by atoms with E-state index in [0.717, 1.165) is 49.8 Å². The highest BCUT2D eigenvalue weighted by molar-refractivity contribution is 7.26. The minimum absolute atomic E-state index is 0.591. The summed E-state index contributed by atoms with van der Waals surface area (Å²) in [5, 5.41) is 4.70. The number of hydrogen-bond acceptors (Lipinski definition) is 5. The SMILES string of the molecule is c1ccc(-c2ccc(-c3nc(-c4ccccc4)nc(-c4ccc5c(c4)oc4ccc(-c6ccc7sc8ccccc8c7c6-c6ccccc6)cc45)n3)cc2)cc1. The van der Waals surface area contributed by atoms with Crippen molar-refractivity contribution in [3.63, 3.8) is 0 Å². The van der Waals surface area contributed by atoms with Crippen LogP contribution < -0.4 is 0 Å². The summed E-state index contributed by atoms with van der Waals surface area (Å²) in [6.45, 7) is 0. The predicted octanol–water partition coefficient (Wildman–Crippen LogP) is 14.1. The third-order valence-corrected chi connectivity index (χ3v) is 11.7. The fourth-order valence-corrected chi connectivity index (χ4v) is 8.95. The lowest BCUT2D eigenvalue weighted by Crippen LogP contribution is -2.00. The van der Waals surface area contributed by atoms with Gasteiger partial charge in [0.25, 0.3) is 0 Å². The van der Waals surface area contributed by atoms with Gasteiger partial charge in [0.15, 0.2) is 17.5 Å². The smallest absolute Gasteiger partial charge is 0.164 e. The van der Waals surface area contributed by atoms with Gasteiger partial charge >= 0.3 is 0 Å². The minimum Gasteiger partial charge on any atom is -0.456 e. The Hall–Kier alpha value is -7.21. The van der Waals surface area contributed by atoms with Crippen molar-refractivity contribution in [3.8, 4) is 67.5 Å². The van der Waals surface area contributed by atoms with E-state index in [-0.39, 0.29) is 0 Å². The van der Waals surface area contributed by atoms with Crippen LogP contribution in [0, 0.1) is 0 Å². The van der Waals surface area contributed by atoms with Crippen LogP contribution >= 0.6 is 11.3 Å². The molecule has 8 aromatic carbocycles. The van der Waals surface area contributed by atoms with Crippen LogP contribution in [0.15, 0.2) is 192 Å². The maximum atomic E-state index is 6.55. The third-order valence-electron chi connectivity index (χ3n) is 10.6. The topological polar surface area (TPSA) is 51.8 Å². The summed E-state index contributed by atoms with van der Waals surface area (Å²) >= 11 is 1.85. The second-order valence-electron chi connectivity index (χ2n) is 14.0. The fourth-order valence-electron chi connectivity index (χ4n) is 7.84. The van der Waals surface area contributed by atoms with Crippen molar-refractivity contribution in [3.05, 3.63) is 188 Å². The average Bonchev–Trinajstić information content (AvgIpc) is 3.84. The van der Waals surface area contributed by atoms with Crippen LogP contribution in [0.4, 0.5) is 0 Å². The molecule has 0 spiro atoms. The molecule has 11 rings (SSSR count). The summed E-state index contributed by atoms with van der Waals surface area (Å²) in [6, 6.07) is 65.7. The Balaban J connectivity index is 1.03. The van der Waals surface area contributed by atoms with Gasteiger partial charge in [0, 0.05) is 47.6 Å². The molecule has 262 valence electrons. The first-order chi connectivity index (χ1) is 27.7. The molecule has 0 atom stereocenters. The predicted molar refractivity (Wildman–Crippen MR) is 233 cm³/mol. The Morgan fingerprint density at radius 3 is 1.62 bits per heavy atom. The Bertz CT molecular complexity index is 3230. The number of fused-ring (bicyclic) bond motifs is 6. The van der Waals surface area contributed by atoms with Crippen molar-refractivity contribution in [1.82, 2.24) is 15.0 Å². The van der Waals surface area contributed by atoms with Gasteiger partial charge in [0.05, 0.1) is 0 Å². The second kappa shape index (κ2) is 13.3. The lowest BCUT2D eigenvalue weighted by atomic mass is 9.90. The summed E-state index contributed by atoms with van der Waals surface area (Å²) in [7, 11) is 0. The molecule has 56 heavy (non-hydrogen) atoms. The molecule has 0 aliphatic rings. The quantitative estimate of drug-likeness (QED) is 0.171. The van der Waals surface area contributed by atoms with Gasteiger partial charge in [-0.1, -0.05) is 152 Å². The van der Waals surface area contributed by atoms with Gasteiger partial charge in [-0.3, -0.25) is 0 Å². The Labute approximate surface area is 327 Å². The molecule has 0 unspecified atom stereocenters. The van der Waals surface area contributed by atoms with Crippen molar-refractivity contribution in [2.24, 2.45) is 0 Å². The van der Waals surface area contributed by atoms with Gasteiger partial charge in [0.1, 0.15) is 11.2 Å². The molecule has 0 radical (unpaired) electrons. The van der Waals surface area contributed by atoms with Gasteiger partial charge < -0.3 is 4.42 Å². The molecule has 4 nitrogen and oxygen atoms in total. The van der Waals surface area contributed by atoms with E-state index in [1.54, 1.807) is 0 Å². The van der Waals surface area contributed by atoms with Crippen molar-refractivity contribution in [2.45, 2.75) is 0 Å². The van der Waals surface area contributed by atoms with E-state index in [2.05, 4.69) is 152 Å². The molecule has 0 amide bonds. The average molecular weight is 734 g/mol. The van der Waals surface area contributed by atoms with Crippen LogP contribution in [0.25, 0.3) is 110 Å². The molecule has 0 saturated carbocycles. The molecular weight excluding hydrogens is 703 g/mol. The van der Waals surface area contributed by atoms with Crippen molar-refractivity contribution < 1.29 is 4.42 Å². The molecule has 0 aliphatic heterocycles. The van der Waals surface area contributed by atoms with Crippen LogP contribution in [-0.4, -0.2) is 15.0 Å². The highest BCUT2D eigenvalue weighted by Gasteiger charge is 2.19. The first-order valence-electron chi connectivity index (χ1n) is 18.7. The van der Waals surface area contributed by atoms with E-state index in [9.17, 15) is 0 Å². The van der Waals surface area contributed by atoms with Gasteiger partial charge in [-0.25, -0.2) is 15.0 Å². The van der Waals surface area contributed by atoms with Crippen LogP contribution in [0.1, 0.15) is 0 Å². The molecule has 11 aromatic rings. The van der Waals surface area contributed by atoms with Crippen LogP contribution in [0.2, 0.25) is 0 Å².